The number of hydrogen-bond acceptors (Lipinski definition) is 4. The maximum atomic E-state index is 12.3. The summed E-state index contributed by atoms with van der Waals surface area (Å²) in [7, 11) is 7.90. The molecule has 0 aromatic heterocycles. The van der Waals surface area contributed by atoms with Crippen LogP contribution in [0, 0.1) is 0 Å². The molecule has 0 aliphatic carbocycles. The van der Waals surface area contributed by atoms with Crippen molar-refractivity contribution in [3.63, 3.8) is 0 Å². The molecule has 0 aliphatic rings. The van der Waals surface area contributed by atoms with E-state index in [1.54, 1.807) is 0 Å². The Kier molecular flexibility index (Phi) is 3.97. The highest BCUT2D eigenvalue weighted by Gasteiger charge is 2.15. The molecule has 24 heavy (non-hydrogen) atoms. The van der Waals surface area contributed by atoms with Gasteiger partial charge in [0, 0.05) is 45.1 Å². The lowest BCUT2D eigenvalue weighted by Gasteiger charge is -2.17. The maximum Gasteiger partial charge on any atom is 0.226 e. The van der Waals surface area contributed by atoms with Gasteiger partial charge in [-0.25, -0.2) is 0 Å². The summed E-state index contributed by atoms with van der Waals surface area (Å²) in [6.07, 6.45) is 0.397. The van der Waals surface area contributed by atoms with Crippen molar-refractivity contribution in [3.05, 3.63) is 48.0 Å². The second-order valence-corrected chi connectivity index (χ2v) is 6.33. The van der Waals surface area contributed by atoms with E-state index in [9.17, 15) is 9.59 Å². The highest BCUT2D eigenvalue weighted by Crippen LogP contribution is 2.32. The van der Waals surface area contributed by atoms with Crippen LogP contribution >= 0.6 is 0 Å². The van der Waals surface area contributed by atoms with Gasteiger partial charge in [0.25, 0.3) is 0 Å². The molecular formula is C20H20N2O2. The number of rotatable bonds is 4. The van der Waals surface area contributed by atoms with Crippen LogP contribution in [0.25, 0.3) is 21.5 Å². The summed E-state index contributed by atoms with van der Waals surface area (Å²) >= 11 is 0. The van der Waals surface area contributed by atoms with Crippen molar-refractivity contribution in [2.45, 2.75) is 0 Å². The SMILES string of the molecule is CN(C)c1ccc2c(C(=O)C=O)c3ccc(N(C)C)cc3cc2c1. The van der Waals surface area contributed by atoms with Gasteiger partial charge in [-0.15, -0.1) is 0 Å². The minimum atomic E-state index is -0.485. The molecule has 0 spiro atoms. The van der Waals surface area contributed by atoms with E-state index in [0.29, 0.717) is 11.8 Å². The third-order valence-corrected chi connectivity index (χ3v) is 4.31. The third-order valence-electron chi connectivity index (χ3n) is 4.31. The van der Waals surface area contributed by atoms with Crippen LogP contribution in [0.1, 0.15) is 10.4 Å². The second kappa shape index (κ2) is 5.96. The molecule has 0 unspecified atom stereocenters. The number of carbonyl (C=O) groups excluding carboxylic acids is 2. The first-order chi connectivity index (χ1) is 11.4. The summed E-state index contributed by atoms with van der Waals surface area (Å²) in [6.45, 7) is 0. The molecule has 0 aliphatic heterocycles. The molecule has 3 aromatic carbocycles. The van der Waals surface area contributed by atoms with E-state index >= 15 is 0 Å². The van der Waals surface area contributed by atoms with Gasteiger partial charge in [0.15, 0.2) is 6.29 Å². The molecule has 0 N–H and O–H groups in total. The van der Waals surface area contributed by atoms with E-state index in [4.69, 9.17) is 0 Å². The van der Waals surface area contributed by atoms with Gasteiger partial charge < -0.3 is 9.80 Å². The quantitative estimate of drug-likeness (QED) is 0.319. The Morgan fingerprint density at radius 1 is 0.792 bits per heavy atom. The minimum Gasteiger partial charge on any atom is -0.378 e. The predicted octanol–water partition coefficient (Wildman–Crippen LogP) is 3.51. The lowest BCUT2D eigenvalue weighted by atomic mass is 9.93. The van der Waals surface area contributed by atoms with Gasteiger partial charge in [0.1, 0.15) is 0 Å². The number of benzene rings is 3. The van der Waals surface area contributed by atoms with Gasteiger partial charge in [-0.3, -0.25) is 9.59 Å². The Hall–Kier alpha value is -2.88. The molecule has 122 valence electrons. The van der Waals surface area contributed by atoms with Gasteiger partial charge in [-0.1, -0.05) is 12.1 Å². The molecule has 0 amide bonds. The highest BCUT2D eigenvalue weighted by atomic mass is 16.2. The molecule has 0 bridgehead atoms. The Balaban J connectivity index is 2.42. The molecule has 0 atom stereocenters. The van der Waals surface area contributed by atoms with Crippen LogP contribution in [-0.2, 0) is 4.79 Å². The number of hydrogen-bond donors (Lipinski definition) is 0. The molecule has 4 nitrogen and oxygen atoms in total. The molecule has 4 heteroatoms. The van der Waals surface area contributed by atoms with Gasteiger partial charge in [-0.05, 0) is 51.9 Å². The van der Waals surface area contributed by atoms with Crippen molar-refractivity contribution < 1.29 is 9.59 Å². The van der Waals surface area contributed by atoms with E-state index in [0.717, 1.165) is 32.9 Å². The number of fused-ring (bicyclic) bond motifs is 2. The van der Waals surface area contributed by atoms with Gasteiger partial charge >= 0.3 is 0 Å². The Morgan fingerprint density at radius 3 is 1.62 bits per heavy atom. The lowest BCUT2D eigenvalue weighted by Crippen LogP contribution is -2.09. The summed E-state index contributed by atoms with van der Waals surface area (Å²) < 4.78 is 0. The first-order valence-corrected chi connectivity index (χ1v) is 7.77. The summed E-state index contributed by atoms with van der Waals surface area (Å²) in [6, 6.07) is 13.9. The van der Waals surface area contributed by atoms with Crippen molar-refractivity contribution >= 4 is 45.0 Å². The monoisotopic (exact) mass is 320 g/mol. The standard InChI is InChI=1S/C20H20N2O2/c1-21(2)15-5-7-17-13(10-15)9-14-11-16(22(3)4)6-8-18(14)20(17)19(24)12-23/h5-12H,1-4H3. The average molecular weight is 320 g/mol. The predicted molar refractivity (Wildman–Crippen MR) is 101 cm³/mol. The number of carbonyl (C=O) groups is 2. The maximum absolute atomic E-state index is 12.3. The minimum absolute atomic E-state index is 0.397. The number of anilines is 2. The molecule has 0 radical (unpaired) electrons. The Bertz CT molecular complexity index is 893. The van der Waals surface area contributed by atoms with Crippen LogP contribution in [0.2, 0.25) is 0 Å². The second-order valence-electron chi connectivity index (χ2n) is 6.33. The third kappa shape index (κ3) is 2.60. The molecule has 0 saturated carbocycles. The largest absolute Gasteiger partial charge is 0.378 e. The van der Waals surface area contributed by atoms with Crippen molar-refractivity contribution in [1.29, 1.82) is 0 Å². The van der Waals surface area contributed by atoms with Crippen molar-refractivity contribution in [2.24, 2.45) is 0 Å². The van der Waals surface area contributed by atoms with Crippen molar-refractivity contribution in [1.82, 2.24) is 0 Å². The molecule has 0 heterocycles. The van der Waals surface area contributed by atoms with E-state index in [2.05, 4.69) is 6.07 Å². The van der Waals surface area contributed by atoms with Gasteiger partial charge in [0.05, 0.1) is 0 Å². The summed E-state index contributed by atoms with van der Waals surface area (Å²) in [5.41, 5.74) is 2.58. The molecule has 3 aromatic rings. The van der Waals surface area contributed by atoms with E-state index in [1.807, 2.05) is 74.4 Å². The molecular weight excluding hydrogens is 300 g/mol. The average Bonchev–Trinajstić information content (AvgIpc) is 2.57. The lowest BCUT2D eigenvalue weighted by molar-refractivity contribution is -0.104. The topological polar surface area (TPSA) is 40.6 Å². The van der Waals surface area contributed by atoms with E-state index in [1.165, 1.54) is 0 Å². The zero-order valence-electron chi connectivity index (χ0n) is 14.3. The molecule has 0 fully saturated rings. The Morgan fingerprint density at radius 2 is 1.25 bits per heavy atom. The first kappa shape index (κ1) is 16.0. The molecule has 3 rings (SSSR count). The van der Waals surface area contributed by atoms with Crippen molar-refractivity contribution in [2.75, 3.05) is 38.0 Å². The van der Waals surface area contributed by atoms with Crippen LogP contribution in [0.3, 0.4) is 0 Å². The van der Waals surface area contributed by atoms with Crippen molar-refractivity contribution in [3.8, 4) is 0 Å². The summed E-state index contributed by atoms with van der Waals surface area (Å²) in [5.74, 6) is -0.485. The summed E-state index contributed by atoms with van der Waals surface area (Å²) in [5, 5.41) is 3.52. The van der Waals surface area contributed by atoms with Gasteiger partial charge in [0.2, 0.25) is 5.78 Å². The fourth-order valence-electron chi connectivity index (χ4n) is 2.99. The van der Waals surface area contributed by atoms with Crippen LogP contribution in [-0.4, -0.2) is 40.3 Å². The van der Waals surface area contributed by atoms with E-state index in [-0.39, 0.29) is 0 Å². The number of aldehydes is 1. The van der Waals surface area contributed by atoms with Crippen LogP contribution in [0.4, 0.5) is 11.4 Å². The smallest absolute Gasteiger partial charge is 0.226 e. The summed E-state index contributed by atoms with van der Waals surface area (Å²) in [4.78, 5) is 27.5. The fraction of sp³-hybridized carbons (Fsp3) is 0.200. The van der Waals surface area contributed by atoms with Gasteiger partial charge in [-0.2, -0.15) is 0 Å². The highest BCUT2D eigenvalue weighted by molar-refractivity contribution is 6.40. The van der Waals surface area contributed by atoms with Crippen LogP contribution < -0.4 is 9.80 Å². The normalized spacial score (nSPS) is 10.8. The van der Waals surface area contributed by atoms with Crippen LogP contribution in [0.5, 0.6) is 0 Å². The zero-order valence-corrected chi connectivity index (χ0v) is 14.3. The Labute approximate surface area is 141 Å². The van der Waals surface area contributed by atoms with E-state index < -0.39 is 5.78 Å². The first-order valence-electron chi connectivity index (χ1n) is 7.77. The molecule has 0 saturated heterocycles. The zero-order chi connectivity index (χ0) is 17.4. The number of ketones is 1. The number of Topliss-reactive ketones (excluding diaryl/α,β-unsaturated/α-hetero) is 1. The van der Waals surface area contributed by atoms with Crippen LogP contribution in [0.15, 0.2) is 42.5 Å². The number of nitrogens with zero attached hydrogens (tertiary/aromatic N) is 2. The fourth-order valence-corrected chi connectivity index (χ4v) is 2.99.